The lowest BCUT2D eigenvalue weighted by Gasteiger charge is -2.38. The highest BCUT2D eigenvalue weighted by Crippen LogP contribution is 2.54. The van der Waals surface area contributed by atoms with E-state index in [1.165, 1.54) is 4.90 Å². The van der Waals surface area contributed by atoms with Gasteiger partial charge < -0.3 is 20.4 Å². The Morgan fingerprint density at radius 2 is 2.00 bits per heavy atom. The van der Waals surface area contributed by atoms with Crippen LogP contribution >= 0.6 is 11.6 Å². The van der Waals surface area contributed by atoms with Crippen molar-refractivity contribution in [1.82, 2.24) is 9.88 Å². The molecule has 9 heteroatoms. The van der Waals surface area contributed by atoms with E-state index in [0.717, 1.165) is 37.2 Å². The van der Waals surface area contributed by atoms with Crippen molar-refractivity contribution in [2.24, 2.45) is 0 Å². The fourth-order valence-electron chi connectivity index (χ4n) is 4.63. The smallest absolute Gasteiger partial charge is 0.258 e. The molecule has 1 spiro atoms. The highest BCUT2D eigenvalue weighted by molar-refractivity contribution is 6.74. The number of nitrogens with two attached hydrogens (primary N) is 1. The van der Waals surface area contributed by atoms with Crippen LogP contribution in [0.5, 0.6) is 0 Å². The van der Waals surface area contributed by atoms with Crippen LogP contribution in [0.15, 0.2) is 18.3 Å². The van der Waals surface area contributed by atoms with Gasteiger partial charge in [-0.05, 0) is 43.1 Å². The number of nitrogen functional groups attached to an aromatic ring is 1. The van der Waals surface area contributed by atoms with E-state index in [4.69, 9.17) is 21.8 Å². The number of pyridine rings is 1. The predicted molar refractivity (Wildman–Crippen MR) is 143 cm³/mol. The van der Waals surface area contributed by atoms with E-state index < -0.39 is 20.0 Å². The summed E-state index contributed by atoms with van der Waals surface area (Å²) in [6.07, 6.45) is 4.79. The molecule has 2 aliphatic rings. The van der Waals surface area contributed by atoms with Gasteiger partial charge >= 0.3 is 0 Å². The lowest BCUT2D eigenvalue weighted by atomic mass is 9.66. The predicted octanol–water partition coefficient (Wildman–Crippen LogP) is 6.06. The Morgan fingerprint density at radius 3 is 2.60 bits per heavy atom. The van der Waals surface area contributed by atoms with Gasteiger partial charge in [-0.1, -0.05) is 38.8 Å². The van der Waals surface area contributed by atoms with Crippen LogP contribution in [-0.2, 0) is 9.84 Å². The highest BCUT2D eigenvalue weighted by atomic mass is 35.5. The van der Waals surface area contributed by atoms with Gasteiger partial charge in [0.15, 0.2) is 8.32 Å². The van der Waals surface area contributed by atoms with Crippen LogP contribution in [0, 0.1) is 5.82 Å². The summed E-state index contributed by atoms with van der Waals surface area (Å²) in [6, 6.07) is 3.14. The molecule has 1 aliphatic carbocycles. The normalized spacial score (nSPS) is 16.6. The van der Waals surface area contributed by atoms with Crippen LogP contribution in [0.3, 0.4) is 0 Å². The molecule has 1 amide bonds. The summed E-state index contributed by atoms with van der Waals surface area (Å²) < 4.78 is 22.1. The maximum absolute atomic E-state index is 15.9. The molecule has 1 aromatic carbocycles. The maximum Gasteiger partial charge on any atom is 0.258 e. The number of rotatable bonds is 6. The molecule has 0 radical (unpaired) electrons. The molecule has 1 saturated carbocycles. The summed E-state index contributed by atoms with van der Waals surface area (Å²) in [5, 5.41) is 3.91. The molecule has 2 heterocycles. The molecule has 0 saturated heterocycles. The van der Waals surface area contributed by atoms with Crippen molar-refractivity contribution in [3.63, 3.8) is 0 Å². The molecule has 1 aromatic heterocycles. The fourth-order valence-corrected chi connectivity index (χ4v) is 6.10. The van der Waals surface area contributed by atoms with Crippen LogP contribution < -0.4 is 11.1 Å². The third-order valence-corrected chi connectivity index (χ3v) is 13.1. The molecule has 0 bridgehead atoms. The number of hydrogen-bond donors (Lipinski definition) is 2. The van der Waals surface area contributed by atoms with Gasteiger partial charge in [-0.3, -0.25) is 4.79 Å². The first-order chi connectivity index (χ1) is 16.3. The van der Waals surface area contributed by atoms with Gasteiger partial charge in [0, 0.05) is 54.1 Å². The van der Waals surface area contributed by atoms with Gasteiger partial charge in [0.25, 0.3) is 5.91 Å². The van der Waals surface area contributed by atoms with Crippen LogP contribution in [-0.4, -0.2) is 50.9 Å². The van der Waals surface area contributed by atoms with Gasteiger partial charge in [-0.25, -0.2) is 9.37 Å². The minimum absolute atomic E-state index is 0.0251. The number of fused-ring (bicyclic) bond motifs is 2. The fraction of sp³-hybridized carbons (Fsp3) is 0.538. The van der Waals surface area contributed by atoms with E-state index in [-0.39, 0.29) is 27.3 Å². The van der Waals surface area contributed by atoms with Crippen molar-refractivity contribution in [3.05, 3.63) is 40.3 Å². The summed E-state index contributed by atoms with van der Waals surface area (Å²) in [7, 11) is -0.312. The Labute approximate surface area is 213 Å². The average Bonchev–Trinajstić information content (AvgIpc) is 3.15. The Kier molecular flexibility index (Phi) is 6.70. The first-order valence-corrected chi connectivity index (χ1v) is 15.5. The van der Waals surface area contributed by atoms with Gasteiger partial charge in [-0.15, -0.1) is 0 Å². The number of nitrogens with zero attached hydrogens (tertiary/aromatic N) is 2. The number of carbonyl (C=O) groups is 1. The first kappa shape index (κ1) is 25.9. The summed E-state index contributed by atoms with van der Waals surface area (Å²) in [4.78, 5) is 19.2. The number of likely N-dealkylation sites (N-methyl/N-ethyl adjacent to an activating group) is 1. The molecular formula is C26H36ClFN4O2Si. The topological polar surface area (TPSA) is 80.5 Å². The summed E-state index contributed by atoms with van der Waals surface area (Å²) in [6.45, 7) is 12.3. The monoisotopic (exact) mass is 518 g/mol. The van der Waals surface area contributed by atoms with Crippen LogP contribution in [0.4, 0.5) is 15.9 Å². The summed E-state index contributed by atoms with van der Waals surface area (Å²) in [5.74, 6) is -0.389. The zero-order valence-electron chi connectivity index (χ0n) is 21.5. The van der Waals surface area contributed by atoms with Crippen molar-refractivity contribution in [2.45, 2.75) is 63.6 Å². The average molecular weight is 519 g/mol. The lowest BCUT2D eigenvalue weighted by molar-refractivity contribution is 0.0766. The van der Waals surface area contributed by atoms with Gasteiger partial charge in [0.2, 0.25) is 0 Å². The third kappa shape index (κ3) is 4.45. The standard InChI is InChI=1S/C26H36ClFN4O2Si/c1-25(2,3)35(5,6)34-13-12-32(4)24(33)19-18(29)9-8-16(22(19)28)17-14-30-23-20(21(17)27)26(15-31-23)10-7-11-26/h8-9,14H,7,10-13,15,29H2,1-6H3,(H,30,31). The first-order valence-electron chi connectivity index (χ1n) is 12.2. The Bertz CT molecular complexity index is 1160. The Morgan fingerprint density at radius 1 is 1.31 bits per heavy atom. The molecule has 1 fully saturated rings. The Hall–Kier alpha value is -2.16. The number of benzene rings is 1. The van der Waals surface area contributed by atoms with Gasteiger partial charge in [0.05, 0.1) is 17.2 Å². The molecule has 0 atom stereocenters. The quantitative estimate of drug-likeness (QED) is 0.358. The summed E-state index contributed by atoms with van der Waals surface area (Å²) >= 11 is 6.85. The van der Waals surface area contributed by atoms with E-state index in [9.17, 15) is 4.79 Å². The third-order valence-electron chi connectivity index (χ3n) is 8.17. The second-order valence-corrected chi connectivity index (χ2v) is 16.6. The van der Waals surface area contributed by atoms with Crippen LogP contribution in [0.25, 0.3) is 11.1 Å². The number of nitrogens with one attached hydrogen (secondary N) is 1. The molecular weight excluding hydrogens is 483 g/mol. The minimum atomic E-state index is -1.95. The van der Waals surface area contributed by atoms with Crippen molar-refractivity contribution < 1.29 is 13.6 Å². The van der Waals surface area contributed by atoms with Crippen molar-refractivity contribution in [3.8, 4) is 11.1 Å². The number of hydrogen-bond acceptors (Lipinski definition) is 5. The van der Waals surface area contributed by atoms with Gasteiger partial charge in [0.1, 0.15) is 11.6 Å². The molecule has 190 valence electrons. The summed E-state index contributed by atoms with van der Waals surface area (Å²) in [5.41, 5.74) is 7.69. The van der Waals surface area contributed by atoms with Crippen LogP contribution in [0.2, 0.25) is 23.2 Å². The van der Waals surface area contributed by atoms with Crippen molar-refractivity contribution >= 4 is 37.3 Å². The SMILES string of the molecule is CN(CCO[Si](C)(C)C(C)(C)C)C(=O)c1c(N)ccc(-c2cnc3c(c2Cl)C2(CCC2)CN3)c1F. The lowest BCUT2D eigenvalue weighted by Crippen LogP contribution is -2.43. The van der Waals surface area contributed by atoms with Gasteiger partial charge in [-0.2, -0.15) is 0 Å². The van der Waals surface area contributed by atoms with E-state index in [0.29, 0.717) is 23.7 Å². The molecule has 2 aromatic rings. The zero-order chi connectivity index (χ0) is 25.8. The number of aromatic nitrogens is 1. The zero-order valence-corrected chi connectivity index (χ0v) is 23.3. The number of anilines is 2. The number of carbonyl (C=O) groups excluding carboxylic acids is 1. The second-order valence-electron chi connectivity index (χ2n) is 11.4. The largest absolute Gasteiger partial charge is 0.415 e. The maximum atomic E-state index is 15.9. The Balaban J connectivity index is 1.60. The number of amides is 1. The second kappa shape index (κ2) is 9.05. The molecule has 0 unspecified atom stereocenters. The molecule has 3 N–H and O–H groups in total. The molecule has 1 aliphatic heterocycles. The van der Waals surface area contributed by atoms with E-state index in [1.807, 2.05) is 0 Å². The molecule has 6 nitrogen and oxygen atoms in total. The number of halogens is 2. The van der Waals surface area contributed by atoms with Crippen molar-refractivity contribution in [1.29, 1.82) is 0 Å². The minimum Gasteiger partial charge on any atom is -0.415 e. The molecule has 4 rings (SSSR count). The highest BCUT2D eigenvalue weighted by Gasteiger charge is 2.46. The van der Waals surface area contributed by atoms with E-state index in [1.54, 1.807) is 25.4 Å². The van der Waals surface area contributed by atoms with E-state index >= 15 is 4.39 Å². The van der Waals surface area contributed by atoms with E-state index in [2.05, 4.69) is 44.2 Å². The van der Waals surface area contributed by atoms with Crippen LogP contribution in [0.1, 0.15) is 56.0 Å². The van der Waals surface area contributed by atoms with Crippen molar-refractivity contribution in [2.75, 3.05) is 37.8 Å². The molecule has 35 heavy (non-hydrogen) atoms.